The first-order valence-electron chi connectivity index (χ1n) is 4.70. The van der Waals surface area contributed by atoms with Crippen LogP contribution in [0.4, 0.5) is 0 Å². The molecular weight excluding hydrogens is 168 g/mol. The standard InChI is InChI=1S/C14H16/c1-11(2)14(12(3)4)10-13-8-6-5-7-9-13/h5-10H,1,3H2,2,4H3. The Morgan fingerprint density at radius 3 is 1.93 bits per heavy atom. The van der Waals surface area contributed by atoms with Crippen LogP contribution in [-0.4, -0.2) is 0 Å². The monoisotopic (exact) mass is 184 g/mol. The van der Waals surface area contributed by atoms with E-state index in [4.69, 9.17) is 0 Å². The molecule has 0 aliphatic carbocycles. The van der Waals surface area contributed by atoms with Gasteiger partial charge < -0.3 is 0 Å². The van der Waals surface area contributed by atoms with Gasteiger partial charge in [-0.1, -0.05) is 54.6 Å². The van der Waals surface area contributed by atoms with E-state index in [2.05, 4.69) is 31.4 Å². The lowest BCUT2D eigenvalue weighted by Crippen LogP contribution is -1.85. The zero-order chi connectivity index (χ0) is 10.6. The van der Waals surface area contributed by atoms with Crippen molar-refractivity contribution in [3.05, 3.63) is 65.8 Å². The zero-order valence-corrected chi connectivity index (χ0v) is 8.88. The summed E-state index contributed by atoms with van der Waals surface area (Å²) in [6.45, 7) is 11.9. The van der Waals surface area contributed by atoms with Crippen molar-refractivity contribution in [2.45, 2.75) is 13.8 Å². The summed E-state index contributed by atoms with van der Waals surface area (Å²) in [7, 11) is 0. The van der Waals surface area contributed by atoms with E-state index >= 15 is 0 Å². The SMILES string of the molecule is C=C(C)C(=Cc1ccccc1)C(=C)C. The van der Waals surface area contributed by atoms with E-state index in [9.17, 15) is 0 Å². The van der Waals surface area contributed by atoms with Crippen molar-refractivity contribution in [3.8, 4) is 0 Å². The quantitative estimate of drug-likeness (QED) is 0.617. The van der Waals surface area contributed by atoms with Gasteiger partial charge in [0.1, 0.15) is 0 Å². The van der Waals surface area contributed by atoms with Gasteiger partial charge >= 0.3 is 0 Å². The second kappa shape index (κ2) is 4.61. The van der Waals surface area contributed by atoms with Gasteiger partial charge in [-0.2, -0.15) is 0 Å². The van der Waals surface area contributed by atoms with Gasteiger partial charge in [0.05, 0.1) is 0 Å². The Morgan fingerprint density at radius 1 is 1.00 bits per heavy atom. The van der Waals surface area contributed by atoms with E-state index in [1.807, 2.05) is 32.0 Å². The number of allylic oxidation sites excluding steroid dienone is 3. The van der Waals surface area contributed by atoms with E-state index < -0.39 is 0 Å². The predicted molar refractivity (Wildman–Crippen MR) is 64.0 cm³/mol. The van der Waals surface area contributed by atoms with Crippen LogP contribution in [0.5, 0.6) is 0 Å². The van der Waals surface area contributed by atoms with Crippen LogP contribution < -0.4 is 0 Å². The highest BCUT2D eigenvalue weighted by Crippen LogP contribution is 2.19. The average molecular weight is 184 g/mol. The fourth-order valence-electron chi connectivity index (χ4n) is 1.33. The molecule has 0 radical (unpaired) electrons. The van der Waals surface area contributed by atoms with Crippen molar-refractivity contribution in [2.75, 3.05) is 0 Å². The van der Waals surface area contributed by atoms with E-state index in [0.29, 0.717) is 0 Å². The number of benzene rings is 1. The molecule has 72 valence electrons. The van der Waals surface area contributed by atoms with Gasteiger partial charge in [0.25, 0.3) is 0 Å². The van der Waals surface area contributed by atoms with Gasteiger partial charge in [-0.15, -0.1) is 0 Å². The van der Waals surface area contributed by atoms with Gasteiger partial charge in [-0.05, 0) is 31.1 Å². The molecular formula is C14H16. The Balaban J connectivity index is 3.06. The molecule has 0 saturated carbocycles. The lowest BCUT2D eigenvalue weighted by atomic mass is 10.00. The summed E-state index contributed by atoms with van der Waals surface area (Å²) in [5.74, 6) is 0. The second-order valence-corrected chi connectivity index (χ2v) is 3.53. The number of hydrogen-bond donors (Lipinski definition) is 0. The Labute approximate surface area is 86.3 Å². The van der Waals surface area contributed by atoms with Gasteiger partial charge in [0.2, 0.25) is 0 Å². The third-order valence-corrected chi connectivity index (χ3v) is 2.03. The van der Waals surface area contributed by atoms with E-state index in [0.717, 1.165) is 16.7 Å². The van der Waals surface area contributed by atoms with Crippen molar-refractivity contribution in [1.82, 2.24) is 0 Å². The Morgan fingerprint density at radius 2 is 1.50 bits per heavy atom. The maximum atomic E-state index is 3.94. The van der Waals surface area contributed by atoms with E-state index in [-0.39, 0.29) is 0 Å². The molecule has 1 aromatic carbocycles. The maximum Gasteiger partial charge on any atom is -0.0204 e. The first-order valence-corrected chi connectivity index (χ1v) is 4.70. The Bertz CT molecular complexity index is 350. The Hall–Kier alpha value is -1.56. The molecule has 0 saturated heterocycles. The van der Waals surface area contributed by atoms with Crippen LogP contribution in [0.2, 0.25) is 0 Å². The van der Waals surface area contributed by atoms with Gasteiger partial charge in [-0.25, -0.2) is 0 Å². The lowest BCUT2D eigenvalue weighted by Gasteiger charge is -2.05. The molecule has 0 N–H and O–H groups in total. The van der Waals surface area contributed by atoms with Crippen LogP contribution in [0.15, 0.2) is 60.2 Å². The minimum absolute atomic E-state index is 1.06. The molecule has 0 bridgehead atoms. The van der Waals surface area contributed by atoms with E-state index in [1.165, 1.54) is 5.56 Å². The molecule has 14 heavy (non-hydrogen) atoms. The molecule has 1 aromatic rings. The lowest BCUT2D eigenvalue weighted by molar-refractivity contribution is 1.36. The maximum absolute atomic E-state index is 3.94. The molecule has 0 heterocycles. The second-order valence-electron chi connectivity index (χ2n) is 3.53. The van der Waals surface area contributed by atoms with Crippen LogP contribution in [0, 0.1) is 0 Å². The van der Waals surface area contributed by atoms with Gasteiger partial charge in [-0.3, -0.25) is 0 Å². The summed E-state index contributed by atoms with van der Waals surface area (Å²) < 4.78 is 0. The number of rotatable bonds is 3. The normalized spacial score (nSPS) is 9.29. The smallest absolute Gasteiger partial charge is 0.0204 e. The molecule has 0 aliphatic heterocycles. The third kappa shape index (κ3) is 2.74. The molecule has 0 amide bonds. The first kappa shape index (κ1) is 10.5. The largest absolute Gasteiger partial charge is 0.0955 e. The summed E-state index contributed by atoms with van der Waals surface area (Å²) in [6.07, 6.45) is 2.12. The van der Waals surface area contributed by atoms with E-state index in [1.54, 1.807) is 0 Å². The molecule has 0 nitrogen and oxygen atoms in total. The van der Waals surface area contributed by atoms with Crippen LogP contribution in [0.3, 0.4) is 0 Å². The van der Waals surface area contributed by atoms with Crippen molar-refractivity contribution >= 4 is 6.08 Å². The molecule has 0 aromatic heterocycles. The highest BCUT2D eigenvalue weighted by Gasteiger charge is 1.98. The summed E-state index contributed by atoms with van der Waals surface area (Å²) in [5, 5.41) is 0. The minimum atomic E-state index is 1.06. The fraction of sp³-hybridized carbons (Fsp3) is 0.143. The summed E-state index contributed by atoms with van der Waals surface area (Å²) in [6, 6.07) is 10.2. The molecule has 0 atom stereocenters. The Kier molecular flexibility index (Phi) is 3.47. The van der Waals surface area contributed by atoms with Crippen molar-refractivity contribution in [3.63, 3.8) is 0 Å². The molecule has 0 unspecified atom stereocenters. The fourth-order valence-corrected chi connectivity index (χ4v) is 1.33. The topological polar surface area (TPSA) is 0 Å². The molecule has 0 aliphatic rings. The van der Waals surface area contributed by atoms with Crippen LogP contribution in [-0.2, 0) is 0 Å². The molecule has 0 spiro atoms. The van der Waals surface area contributed by atoms with Crippen LogP contribution in [0.1, 0.15) is 19.4 Å². The molecule has 1 rings (SSSR count). The summed E-state index contributed by atoms with van der Waals surface area (Å²) in [4.78, 5) is 0. The van der Waals surface area contributed by atoms with Crippen molar-refractivity contribution in [1.29, 1.82) is 0 Å². The van der Waals surface area contributed by atoms with Crippen LogP contribution in [0.25, 0.3) is 6.08 Å². The van der Waals surface area contributed by atoms with Crippen molar-refractivity contribution in [2.24, 2.45) is 0 Å². The molecule has 0 heteroatoms. The zero-order valence-electron chi connectivity index (χ0n) is 8.88. The first-order chi connectivity index (χ1) is 6.61. The van der Waals surface area contributed by atoms with Crippen LogP contribution >= 0.6 is 0 Å². The minimum Gasteiger partial charge on any atom is -0.0955 e. The van der Waals surface area contributed by atoms with Gasteiger partial charge in [0.15, 0.2) is 0 Å². The average Bonchev–Trinajstić information content (AvgIpc) is 2.15. The molecule has 0 fully saturated rings. The summed E-state index contributed by atoms with van der Waals surface area (Å²) >= 11 is 0. The third-order valence-electron chi connectivity index (χ3n) is 2.03. The predicted octanol–water partition coefficient (Wildman–Crippen LogP) is 4.22. The van der Waals surface area contributed by atoms with Gasteiger partial charge in [0, 0.05) is 0 Å². The highest BCUT2D eigenvalue weighted by atomic mass is 14.0. The highest BCUT2D eigenvalue weighted by molar-refractivity contribution is 5.63. The number of hydrogen-bond acceptors (Lipinski definition) is 0. The summed E-state index contributed by atoms with van der Waals surface area (Å²) in [5.41, 5.74) is 4.44. The van der Waals surface area contributed by atoms with Crippen molar-refractivity contribution < 1.29 is 0 Å².